The number of piperazine rings is 1. The van der Waals surface area contributed by atoms with Crippen molar-refractivity contribution in [2.45, 2.75) is 11.3 Å². The van der Waals surface area contributed by atoms with Crippen LogP contribution in [0.25, 0.3) is 0 Å². The van der Waals surface area contributed by atoms with Crippen LogP contribution in [0.2, 0.25) is 0 Å². The van der Waals surface area contributed by atoms with Crippen LogP contribution in [0.1, 0.15) is 6.42 Å². The summed E-state index contributed by atoms with van der Waals surface area (Å²) in [6.45, 7) is 3.48. The van der Waals surface area contributed by atoms with Gasteiger partial charge in [0.05, 0.1) is 10.6 Å². The molecule has 9 heteroatoms. The van der Waals surface area contributed by atoms with Gasteiger partial charge in [-0.15, -0.1) is 12.3 Å². The van der Waals surface area contributed by atoms with Gasteiger partial charge in [0.2, 0.25) is 10.0 Å². The molecule has 0 unspecified atom stereocenters. The predicted molar refractivity (Wildman–Crippen MR) is 86.6 cm³/mol. The van der Waals surface area contributed by atoms with Crippen LogP contribution in [-0.2, 0) is 10.0 Å². The fourth-order valence-electron chi connectivity index (χ4n) is 2.54. The number of anilines is 1. The van der Waals surface area contributed by atoms with Crippen molar-refractivity contribution in [3.63, 3.8) is 0 Å². The molecule has 1 aromatic carbocycles. The number of non-ortho nitro benzene ring substituents is 1. The van der Waals surface area contributed by atoms with Gasteiger partial charge in [0.15, 0.2) is 0 Å². The molecule has 1 aliphatic heterocycles. The first kappa shape index (κ1) is 17.2. The van der Waals surface area contributed by atoms with Crippen molar-refractivity contribution in [1.82, 2.24) is 4.90 Å². The molecule has 23 heavy (non-hydrogen) atoms. The molecule has 2 N–H and O–H groups in total. The minimum atomic E-state index is -4.05. The number of benzene rings is 1. The van der Waals surface area contributed by atoms with E-state index in [4.69, 9.17) is 11.6 Å². The molecular weight excluding hydrogens is 320 g/mol. The van der Waals surface area contributed by atoms with Gasteiger partial charge in [-0.3, -0.25) is 15.0 Å². The Morgan fingerprint density at radius 2 is 1.96 bits per heavy atom. The highest BCUT2D eigenvalue weighted by Gasteiger charge is 2.25. The Labute approximate surface area is 135 Å². The summed E-state index contributed by atoms with van der Waals surface area (Å²) in [5.74, 6) is 2.59. The minimum absolute atomic E-state index is 0.219. The van der Waals surface area contributed by atoms with Gasteiger partial charge in [-0.2, -0.15) is 0 Å². The second-order valence-corrected chi connectivity index (χ2v) is 6.77. The summed E-state index contributed by atoms with van der Waals surface area (Å²) in [6.07, 6.45) is 5.91. The summed E-state index contributed by atoms with van der Waals surface area (Å²) in [4.78, 5) is 14.0. The number of nitrogens with zero attached hydrogens (tertiary/aromatic N) is 3. The van der Waals surface area contributed by atoms with Gasteiger partial charge in [-0.25, -0.2) is 13.6 Å². The Bertz CT molecular complexity index is 734. The lowest BCUT2D eigenvalue weighted by Crippen LogP contribution is -2.47. The van der Waals surface area contributed by atoms with E-state index in [0.29, 0.717) is 25.2 Å². The third kappa shape index (κ3) is 4.19. The number of terminal acetylenes is 1. The number of sulfonamides is 1. The van der Waals surface area contributed by atoms with Crippen molar-refractivity contribution >= 4 is 21.4 Å². The molecule has 0 atom stereocenters. The van der Waals surface area contributed by atoms with Crippen molar-refractivity contribution in [1.29, 1.82) is 0 Å². The zero-order valence-electron chi connectivity index (χ0n) is 12.5. The van der Waals surface area contributed by atoms with Crippen molar-refractivity contribution in [3.8, 4) is 12.3 Å². The molecule has 0 amide bonds. The second kappa shape index (κ2) is 6.95. The summed E-state index contributed by atoms with van der Waals surface area (Å²) in [5.41, 5.74) is 0.0973. The molecule has 1 aliphatic rings. The zero-order chi connectivity index (χ0) is 17.0. The number of hydrogen-bond acceptors (Lipinski definition) is 6. The van der Waals surface area contributed by atoms with Gasteiger partial charge < -0.3 is 4.90 Å². The number of rotatable bonds is 5. The average Bonchev–Trinajstić information content (AvgIpc) is 2.52. The molecule has 8 nitrogen and oxygen atoms in total. The lowest BCUT2D eigenvalue weighted by atomic mass is 10.2. The molecule has 124 valence electrons. The lowest BCUT2D eigenvalue weighted by molar-refractivity contribution is -0.385. The summed E-state index contributed by atoms with van der Waals surface area (Å²) in [5, 5.41) is 16.1. The Hall–Kier alpha value is -2.15. The van der Waals surface area contributed by atoms with Gasteiger partial charge in [-0.05, 0) is 6.07 Å². The van der Waals surface area contributed by atoms with Gasteiger partial charge in [0.25, 0.3) is 5.69 Å². The first-order chi connectivity index (χ1) is 10.8. The number of hydrogen-bond donors (Lipinski definition) is 1. The van der Waals surface area contributed by atoms with Crippen LogP contribution < -0.4 is 10.0 Å². The van der Waals surface area contributed by atoms with Crippen molar-refractivity contribution in [2.24, 2.45) is 5.14 Å². The van der Waals surface area contributed by atoms with Crippen LogP contribution in [0.15, 0.2) is 23.1 Å². The quantitative estimate of drug-likeness (QED) is 0.472. The number of primary sulfonamides is 1. The second-order valence-electron chi connectivity index (χ2n) is 5.24. The smallest absolute Gasteiger partial charge is 0.270 e. The van der Waals surface area contributed by atoms with Crippen LogP contribution in [0.3, 0.4) is 0 Å². The van der Waals surface area contributed by atoms with Crippen LogP contribution >= 0.6 is 0 Å². The Morgan fingerprint density at radius 1 is 1.30 bits per heavy atom. The van der Waals surface area contributed by atoms with Crippen LogP contribution in [0.5, 0.6) is 0 Å². The van der Waals surface area contributed by atoms with Crippen LogP contribution in [0, 0.1) is 22.5 Å². The largest absolute Gasteiger partial charge is 0.368 e. The molecular formula is C14H18N4O4S. The van der Waals surface area contributed by atoms with E-state index in [1.807, 2.05) is 4.90 Å². The van der Waals surface area contributed by atoms with E-state index in [-0.39, 0.29) is 10.6 Å². The molecule has 0 radical (unpaired) electrons. The number of nitrogens with two attached hydrogens (primary N) is 1. The summed E-state index contributed by atoms with van der Waals surface area (Å²) in [6, 6.07) is 3.74. The van der Waals surface area contributed by atoms with Gasteiger partial charge in [0, 0.05) is 51.3 Å². The maximum absolute atomic E-state index is 11.8. The normalized spacial score (nSPS) is 16.1. The fraction of sp³-hybridized carbons (Fsp3) is 0.429. The maximum atomic E-state index is 11.8. The summed E-state index contributed by atoms with van der Waals surface area (Å²) < 4.78 is 23.5. The molecule has 1 saturated heterocycles. The van der Waals surface area contributed by atoms with Crippen LogP contribution in [0.4, 0.5) is 11.4 Å². The fourth-order valence-corrected chi connectivity index (χ4v) is 3.31. The molecule has 1 aromatic rings. The Morgan fingerprint density at radius 3 is 2.48 bits per heavy atom. The summed E-state index contributed by atoms with van der Waals surface area (Å²) in [7, 11) is -4.05. The molecule has 0 saturated carbocycles. The van der Waals surface area contributed by atoms with E-state index in [1.165, 1.54) is 12.1 Å². The number of nitro groups is 1. The van der Waals surface area contributed by atoms with E-state index in [1.54, 1.807) is 0 Å². The van der Waals surface area contributed by atoms with E-state index < -0.39 is 14.9 Å². The standard InChI is InChI=1S/C14H18N4O4S/c1-2-3-6-16-7-9-17(10-8-16)13-5-4-12(18(19)20)11-14(13)23(15,21)22/h1,4-5,11H,3,6-10H2,(H2,15,21,22). The lowest BCUT2D eigenvalue weighted by Gasteiger charge is -2.36. The molecule has 1 heterocycles. The van der Waals surface area contributed by atoms with Crippen LogP contribution in [-0.4, -0.2) is 51.0 Å². The maximum Gasteiger partial charge on any atom is 0.270 e. The van der Waals surface area contributed by atoms with Crippen molar-refractivity contribution in [2.75, 3.05) is 37.6 Å². The van der Waals surface area contributed by atoms with E-state index in [2.05, 4.69) is 10.8 Å². The number of nitro benzene ring substituents is 1. The minimum Gasteiger partial charge on any atom is -0.368 e. The Balaban J connectivity index is 2.24. The first-order valence-corrected chi connectivity index (χ1v) is 8.59. The van der Waals surface area contributed by atoms with Gasteiger partial charge in [0.1, 0.15) is 4.90 Å². The van der Waals surface area contributed by atoms with E-state index in [0.717, 1.165) is 25.7 Å². The topological polar surface area (TPSA) is 110 Å². The first-order valence-electron chi connectivity index (χ1n) is 7.05. The highest BCUT2D eigenvalue weighted by molar-refractivity contribution is 7.89. The highest BCUT2D eigenvalue weighted by Crippen LogP contribution is 2.29. The molecule has 0 spiro atoms. The molecule has 0 aliphatic carbocycles. The van der Waals surface area contributed by atoms with Gasteiger partial charge >= 0.3 is 0 Å². The molecule has 0 bridgehead atoms. The predicted octanol–water partition coefficient (Wildman–Crippen LogP) is 0.387. The van der Waals surface area contributed by atoms with E-state index in [9.17, 15) is 18.5 Å². The average molecular weight is 338 g/mol. The third-order valence-electron chi connectivity index (χ3n) is 3.75. The summed E-state index contributed by atoms with van der Waals surface area (Å²) >= 11 is 0. The van der Waals surface area contributed by atoms with Crippen molar-refractivity contribution < 1.29 is 13.3 Å². The monoisotopic (exact) mass is 338 g/mol. The molecule has 1 fully saturated rings. The SMILES string of the molecule is C#CCCN1CCN(c2ccc([N+](=O)[O-])cc2S(N)(=O)=O)CC1. The third-order valence-corrected chi connectivity index (χ3v) is 4.69. The molecule has 2 rings (SSSR count). The molecule has 0 aromatic heterocycles. The van der Waals surface area contributed by atoms with E-state index >= 15 is 0 Å². The van der Waals surface area contributed by atoms with Gasteiger partial charge in [-0.1, -0.05) is 0 Å². The van der Waals surface area contributed by atoms with Crippen molar-refractivity contribution in [3.05, 3.63) is 28.3 Å². The zero-order valence-corrected chi connectivity index (χ0v) is 13.3. The highest BCUT2D eigenvalue weighted by atomic mass is 32.2. The Kier molecular flexibility index (Phi) is 5.20.